The fraction of sp³-hybridized carbons (Fsp3) is 0.545. The molecule has 2 aliphatic rings. The number of nitrogens with two attached hydrogens (primary N) is 1. The van der Waals surface area contributed by atoms with E-state index in [4.69, 9.17) is 19.9 Å². The minimum Gasteiger partial charge on any atom is -0.463 e. The number of urea groups is 1. The summed E-state index contributed by atoms with van der Waals surface area (Å²) < 4.78 is 17.3. The molecule has 1 fully saturated rings. The van der Waals surface area contributed by atoms with Gasteiger partial charge in [0.05, 0.1) is 18.4 Å². The molecule has 44 heavy (non-hydrogen) atoms. The van der Waals surface area contributed by atoms with E-state index in [1.54, 1.807) is 6.07 Å². The zero-order valence-electron chi connectivity index (χ0n) is 25.9. The fourth-order valence-electron chi connectivity index (χ4n) is 5.33. The maximum Gasteiger partial charge on any atom is 0.332 e. The molecule has 4 rings (SSSR count). The van der Waals surface area contributed by atoms with Gasteiger partial charge in [-0.2, -0.15) is 0 Å². The number of hydrogen-bond acceptors (Lipinski definition) is 8. The van der Waals surface area contributed by atoms with Gasteiger partial charge in [-0.25, -0.2) is 9.69 Å². The summed E-state index contributed by atoms with van der Waals surface area (Å²) in [5.41, 5.74) is 8.54. The van der Waals surface area contributed by atoms with E-state index in [0.29, 0.717) is 25.4 Å². The summed E-state index contributed by atoms with van der Waals surface area (Å²) in [4.78, 5) is 38.3. The van der Waals surface area contributed by atoms with Crippen molar-refractivity contribution in [2.24, 2.45) is 5.73 Å². The number of primary amides is 1. The third kappa shape index (κ3) is 9.75. The molecule has 11 heteroatoms. The van der Waals surface area contributed by atoms with E-state index in [-0.39, 0.29) is 19.0 Å². The van der Waals surface area contributed by atoms with Gasteiger partial charge in [-0.3, -0.25) is 9.59 Å². The molecule has 0 unspecified atom stereocenters. The lowest BCUT2D eigenvalue weighted by Crippen LogP contribution is -2.37. The van der Waals surface area contributed by atoms with Crippen molar-refractivity contribution in [2.75, 3.05) is 44.3 Å². The molecule has 0 aromatic heterocycles. The van der Waals surface area contributed by atoms with Crippen LogP contribution in [0.25, 0.3) is 0 Å². The molecule has 4 amide bonds. The second kappa shape index (κ2) is 16.0. The lowest BCUT2D eigenvalue weighted by molar-refractivity contribution is -0.180. The molecular formula is C33H46N4O7. The first kappa shape index (κ1) is 33.4. The Bertz CT molecular complexity index is 1280. The van der Waals surface area contributed by atoms with Crippen molar-refractivity contribution in [3.05, 3.63) is 59.2 Å². The number of aliphatic hydroxyl groups is 1. The van der Waals surface area contributed by atoms with Gasteiger partial charge in [-0.1, -0.05) is 31.0 Å². The Hall–Kier alpha value is -3.51. The number of amides is 4. The Morgan fingerprint density at radius 2 is 1.84 bits per heavy atom. The van der Waals surface area contributed by atoms with Gasteiger partial charge in [0.2, 0.25) is 11.7 Å². The standard InChI is InChI=1S/C33H46N4O7/c1-33(2)43-23-26-19-25(13-14-29(26)44-33)28(38)20-35-15-6-3-4-7-16-42-17-8-5-10-24-11-9-12-27(18-24)37-31(40)22-36(32(37)41)21-30(34)39/h9,11-14,18-19,28,35,38H,3-8,10,15-17,20-23H2,1-2H3,(H2,34,39)/t28-/m1/s1. The third-order valence-electron chi connectivity index (χ3n) is 7.69. The number of carbonyl (C=O) groups is 3. The minimum atomic E-state index is -0.649. The molecule has 1 saturated heterocycles. The summed E-state index contributed by atoms with van der Waals surface area (Å²) in [5, 5.41) is 13.9. The van der Waals surface area contributed by atoms with Crippen molar-refractivity contribution >= 4 is 23.5 Å². The van der Waals surface area contributed by atoms with E-state index in [2.05, 4.69) is 5.32 Å². The first-order valence-corrected chi connectivity index (χ1v) is 15.5. The number of nitrogens with one attached hydrogen (secondary N) is 1. The van der Waals surface area contributed by atoms with E-state index < -0.39 is 23.8 Å². The summed E-state index contributed by atoms with van der Waals surface area (Å²) >= 11 is 0. The molecule has 2 heterocycles. The monoisotopic (exact) mass is 610 g/mol. The molecule has 4 N–H and O–H groups in total. The minimum absolute atomic E-state index is 0.146. The van der Waals surface area contributed by atoms with Gasteiger partial charge in [-0.05, 0) is 74.0 Å². The molecule has 240 valence electrons. The molecule has 0 radical (unpaired) electrons. The third-order valence-corrected chi connectivity index (χ3v) is 7.69. The summed E-state index contributed by atoms with van der Waals surface area (Å²) in [6, 6.07) is 12.6. The number of hydrogen-bond donors (Lipinski definition) is 3. The summed E-state index contributed by atoms with van der Waals surface area (Å²) in [7, 11) is 0. The largest absolute Gasteiger partial charge is 0.463 e. The fourth-order valence-corrected chi connectivity index (χ4v) is 5.33. The van der Waals surface area contributed by atoms with Crippen molar-refractivity contribution in [1.82, 2.24) is 10.2 Å². The van der Waals surface area contributed by atoms with Crippen molar-refractivity contribution in [3.63, 3.8) is 0 Å². The number of nitrogens with zero attached hydrogens (tertiary/aromatic N) is 2. The highest BCUT2D eigenvalue weighted by Crippen LogP contribution is 2.33. The number of carbonyl (C=O) groups excluding carboxylic acids is 3. The van der Waals surface area contributed by atoms with Crippen molar-refractivity contribution in [1.29, 1.82) is 0 Å². The smallest absolute Gasteiger partial charge is 0.332 e. The number of ether oxygens (including phenoxy) is 3. The number of aliphatic hydroxyl groups excluding tert-OH is 1. The Morgan fingerprint density at radius 1 is 1.07 bits per heavy atom. The summed E-state index contributed by atoms with van der Waals surface area (Å²) in [6.45, 7) is 6.63. The van der Waals surface area contributed by atoms with Crippen molar-refractivity contribution < 1.29 is 33.7 Å². The maximum absolute atomic E-state index is 12.5. The normalized spacial score (nSPS) is 16.6. The van der Waals surface area contributed by atoms with E-state index in [1.807, 2.05) is 50.2 Å². The lowest BCUT2D eigenvalue weighted by atomic mass is 10.0. The highest BCUT2D eigenvalue weighted by atomic mass is 16.7. The van der Waals surface area contributed by atoms with Crippen LogP contribution in [0.3, 0.4) is 0 Å². The van der Waals surface area contributed by atoms with E-state index >= 15 is 0 Å². The van der Waals surface area contributed by atoms with Gasteiger partial charge >= 0.3 is 6.03 Å². The second-order valence-electron chi connectivity index (χ2n) is 11.9. The first-order valence-electron chi connectivity index (χ1n) is 15.5. The number of rotatable bonds is 18. The number of unbranched alkanes of at least 4 members (excludes halogenated alkanes) is 4. The topological polar surface area (TPSA) is 144 Å². The zero-order valence-corrected chi connectivity index (χ0v) is 25.9. The Morgan fingerprint density at radius 3 is 2.64 bits per heavy atom. The Labute approximate surface area is 259 Å². The van der Waals surface area contributed by atoms with Crippen molar-refractivity contribution in [3.8, 4) is 5.75 Å². The molecule has 1 atom stereocenters. The maximum atomic E-state index is 12.5. The van der Waals surface area contributed by atoms with Gasteiger partial charge in [-0.15, -0.1) is 0 Å². The van der Waals surface area contributed by atoms with E-state index in [1.165, 1.54) is 0 Å². The molecule has 0 spiro atoms. The van der Waals surface area contributed by atoms with Gasteiger partial charge < -0.3 is 35.3 Å². The van der Waals surface area contributed by atoms with Gasteiger partial charge in [0.25, 0.3) is 5.91 Å². The second-order valence-corrected chi connectivity index (χ2v) is 11.9. The molecule has 0 saturated carbocycles. The van der Waals surface area contributed by atoms with Crippen LogP contribution < -0.4 is 20.7 Å². The van der Waals surface area contributed by atoms with Crippen LogP contribution in [0.5, 0.6) is 5.75 Å². The SMILES string of the molecule is CC1(C)OCc2cc([C@H](O)CNCCCCCCOCCCCc3cccc(N4C(=O)CN(CC(N)=O)C4=O)c3)ccc2O1. The van der Waals surface area contributed by atoms with Crippen LogP contribution in [0.15, 0.2) is 42.5 Å². The predicted molar refractivity (Wildman–Crippen MR) is 166 cm³/mol. The first-order chi connectivity index (χ1) is 21.1. The van der Waals surface area contributed by atoms with Gasteiger partial charge in [0.1, 0.15) is 18.8 Å². The zero-order chi connectivity index (χ0) is 31.5. The Kier molecular flexibility index (Phi) is 12.1. The number of benzene rings is 2. The average molecular weight is 611 g/mol. The molecule has 0 aliphatic carbocycles. The molecule has 0 bridgehead atoms. The van der Waals surface area contributed by atoms with Crippen LogP contribution in [-0.2, 0) is 32.1 Å². The highest BCUT2D eigenvalue weighted by molar-refractivity contribution is 6.20. The van der Waals surface area contributed by atoms with Gasteiger partial charge in [0.15, 0.2) is 0 Å². The predicted octanol–water partition coefficient (Wildman–Crippen LogP) is 3.81. The highest BCUT2D eigenvalue weighted by Gasteiger charge is 2.37. The Balaban J connectivity index is 1.00. The summed E-state index contributed by atoms with van der Waals surface area (Å²) in [6.07, 6.45) is 6.36. The quantitative estimate of drug-likeness (QED) is 0.171. The molecular weight excluding hydrogens is 564 g/mol. The van der Waals surface area contributed by atoms with Gasteiger partial charge in [0, 0.05) is 39.2 Å². The van der Waals surface area contributed by atoms with E-state index in [9.17, 15) is 19.5 Å². The number of imide groups is 1. The van der Waals surface area contributed by atoms with Crippen LogP contribution in [0.2, 0.25) is 0 Å². The van der Waals surface area contributed by atoms with Crippen LogP contribution in [0.1, 0.15) is 75.2 Å². The molecule has 2 aliphatic heterocycles. The molecule has 2 aromatic carbocycles. The van der Waals surface area contributed by atoms with Crippen LogP contribution in [0, 0.1) is 0 Å². The van der Waals surface area contributed by atoms with Crippen molar-refractivity contribution in [2.45, 2.75) is 77.3 Å². The lowest BCUT2D eigenvalue weighted by Gasteiger charge is -2.33. The molecule has 11 nitrogen and oxygen atoms in total. The number of fused-ring (bicyclic) bond motifs is 1. The number of anilines is 1. The van der Waals surface area contributed by atoms with Crippen LogP contribution >= 0.6 is 0 Å². The van der Waals surface area contributed by atoms with E-state index in [0.717, 1.165) is 90.3 Å². The van der Waals surface area contributed by atoms with Crippen LogP contribution in [-0.4, -0.2) is 73.0 Å². The summed E-state index contributed by atoms with van der Waals surface area (Å²) in [5.74, 6) is -0.831. The van der Waals surface area contributed by atoms with Crippen LogP contribution in [0.4, 0.5) is 10.5 Å². The molecule has 2 aromatic rings. The average Bonchev–Trinajstić information content (AvgIpc) is 3.26. The number of aryl methyl sites for hydroxylation is 1.